The van der Waals surface area contributed by atoms with Crippen LogP contribution in [0.4, 0.5) is 4.39 Å². The second-order valence-corrected chi connectivity index (χ2v) is 4.63. The minimum atomic E-state index is -0.245. The molecule has 0 saturated heterocycles. The number of ether oxygens (including phenoxy) is 1. The number of halogens is 1. The molecule has 2 nitrogen and oxygen atoms in total. The van der Waals surface area contributed by atoms with Crippen molar-refractivity contribution in [3.8, 4) is 11.5 Å². The lowest BCUT2D eigenvalue weighted by molar-refractivity contribution is 0.476. The van der Waals surface area contributed by atoms with E-state index in [4.69, 9.17) is 4.74 Å². The van der Waals surface area contributed by atoms with E-state index < -0.39 is 0 Å². The fourth-order valence-corrected chi connectivity index (χ4v) is 1.97. The van der Waals surface area contributed by atoms with Crippen molar-refractivity contribution in [3.63, 3.8) is 0 Å². The lowest BCUT2D eigenvalue weighted by atomic mass is 10.1. The number of hydrogen-bond donors (Lipinski definition) is 1. The Kier molecular flexibility index (Phi) is 4.17. The van der Waals surface area contributed by atoms with Gasteiger partial charge in [0.1, 0.15) is 17.3 Å². The van der Waals surface area contributed by atoms with Gasteiger partial charge >= 0.3 is 0 Å². The van der Waals surface area contributed by atoms with Gasteiger partial charge in [0.2, 0.25) is 0 Å². The minimum Gasteiger partial charge on any atom is -0.457 e. The SMILES string of the molecule is CNCc1ccc(Oc2ccc(F)cc2C)cc1C. The van der Waals surface area contributed by atoms with Gasteiger partial charge in [0, 0.05) is 6.54 Å². The summed E-state index contributed by atoms with van der Waals surface area (Å²) in [6, 6.07) is 10.5. The molecule has 100 valence electrons. The molecule has 0 spiro atoms. The molecule has 0 unspecified atom stereocenters. The lowest BCUT2D eigenvalue weighted by Crippen LogP contribution is -2.06. The molecule has 19 heavy (non-hydrogen) atoms. The lowest BCUT2D eigenvalue weighted by Gasteiger charge is -2.11. The molecule has 0 atom stereocenters. The molecule has 0 aliphatic heterocycles. The van der Waals surface area contributed by atoms with Gasteiger partial charge in [0.05, 0.1) is 0 Å². The first kappa shape index (κ1) is 13.6. The van der Waals surface area contributed by atoms with Gasteiger partial charge in [-0.05, 0) is 67.9 Å². The van der Waals surface area contributed by atoms with Crippen molar-refractivity contribution in [2.24, 2.45) is 0 Å². The maximum atomic E-state index is 13.0. The van der Waals surface area contributed by atoms with Gasteiger partial charge in [-0.2, -0.15) is 0 Å². The van der Waals surface area contributed by atoms with Gasteiger partial charge in [-0.3, -0.25) is 0 Å². The molecule has 0 aliphatic rings. The van der Waals surface area contributed by atoms with Crippen LogP contribution in [0.5, 0.6) is 11.5 Å². The van der Waals surface area contributed by atoms with E-state index in [-0.39, 0.29) is 5.82 Å². The topological polar surface area (TPSA) is 21.3 Å². The first-order valence-electron chi connectivity index (χ1n) is 6.28. The predicted molar refractivity (Wildman–Crippen MR) is 75.2 cm³/mol. The molecule has 0 radical (unpaired) electrons. The molecule has 0 saturated carbocycles. The van der Waals surface area contributed by atoms with E-state index in [1.54, 1.807) is 6.07 Å². The van der Waals surface area contributed by atoms with Crippen molar-refractivity contribution in [2.75, 3.05) is 7.05 Å². The summed E-state index contributed by atoms with van der Waals surface area (Å²) in [7, 11) is 1.92. The van der Waals surface area contributed by atoms with E-state index in [2.05, 4.69) is 12.2 Å². The van der Waals surface area contributed by atoms with Crippen molar-refractivity contribution in [1.82, 2.24) is 5.32 Å². The first-order chi connectivity index (χ1) is 9.10. The fourth-order valence-electron chi connectivity index (χ4n) is 1.97. The third kappa shape index (κ3) is 3.32. The van der Waals surface area contributed by atoms with Crippen molar-refractivity contribution < 1.29 is 9.13 Å². The average molecular weight is 259 g/mol. The normalized spacial score (nSPS) is 10.5. The molecule has 0 bridgehead atoms. The summed E-state index contributed by atoms with van der Waals surface area (Å²) in [6.45, 7) is 4.72. The van der Waals surface area contributed by atoms with Gasteiger partial charge in [-0.1, -0.05) is 6.07 Å². The van der Waals surface area contributed by atoms with E-state index in [1.807, 2.05) is 32.2 Å². The number of benzene rings is 2. The molecule has 0 aromatic heterocycles. The maximum absolute atomic E-state index is 13.0. The Bertz CT molecular complexity index is 581. The van der Waals surface area contributed by atoms with E-state index >= 15 is 0 Å². The molecule has 2 rings (SSSR count). The van der Waals surface area contributed by atoms with E-state index in [9.17, 15) is 4.39 Å². The van der Waals surface area contributed by atoms with Crippen LogP contribution in [0, 0.1) is 19.7 Å². The maximum Gasteiger partial charge on any atom is 0.130 e. The Hall–Kier alpha value is -1.87. The Morgan fingerprint density at radius 2 is 1.84 bits per heavy atom. The van der Waals surface area contributed by atoms with Crippen LogP contribution >= 0.6 is 0 Å². The zero-order valence-corrected chi connectivity index (χ0v) is 11.5. The molecule has 2 aromatic carbocycles. The van der Waals surface area contributed by atoms with Crippen LogP contribution in [0.2, 0.25) is 0 Å². The smallest absolute Gasteiger partial charge is 0.130 e. The van der Waals surface area contributed by atoms with Crippen LogP contribution in [0.3, 0.4) is 0 Å². The summed E-state index contributed by atoms with van der Waals surface area (Å²) in [5.74, 6) is 1.21. The van der Waals surface area contributed by atoms with Gasteiger partial charge < -0.3 is 10.1 Å². The van der Waals surface area contributed by atoms with Crippen molar-refractivity contribution in [1.29, 1.82) is 0 Å². The Labute approximate surface area is 113 Å². The van der Waals surface area contributed by atoms with Crippen LogP contribution in [0.25, 0.3) is 0 Å². The highest BCUT2D eigenvalue weighted by Crippen LogP contribution is 2.27. The van der Waals surface area contributed by atoms with Gasteiger partial charge in [-0.15, -0.1) is 0 Å². The molecule has 0 fully saturated rings. The third-order valence-electron chi connectivity index (χ3n) is 3.05. The van der Waals surface area contributed by atoms with Gasteiger partial charge in [-0.25, -0.2) is 4.39 Å². The van der Waals surface area contributed by atoms with Crippen LogP contribution in [-0.2, 0) is 6.54 Å². The molecule has 1 N–H and O–H groups in total. The second-order valence-electron chi connectivity index (χ2n) is 4.63. The number of aryl methyl sites for hydroxylation is 2. The quantitative estimate of drug-likeness (QED) is 0.897. The van der Waals surface area contributed by atoms with Crippen LogP contribution in [-0.4, -0.2) is 7.05 Å². The van der Waals surface area contributed by atoms with Crippen LogP contribution in [0.1, 0.15) is 16.7 Å². The second kappa shape index (κ2) is 5.85. The van der Waals surface area contributed by atoms with Crippen LogP contribution in [0.15, 0.2) is 36.4 Å². The summed E-state index contributed by atoms with van der Waals surface area (Å²) >= 11 is 0. The summed E-state index contributed by atoms with van der Waals surface area (Å²) in [4.78, 5) is 0. The van der Waals surface area contributed by atoms with Gasteiger partial charge in [0.15, 0.2) is 0 Å². The summed E-state index contributed by atoms with van der Waals surface area (Å²) in [5.41, 5.74) is 3.20. The molecular weight excluding hydrogens is 241 g/mol. The standard InChI is InChI=1S/C16H18FNO/c1-11-9-15(6-4-13(11)10-18-3)19-16-7-5-14(17)8-12(16)2/h4-9,18H,10H2,1-3H3. The molecule has 3 heteroatoms. The highest BCUT2D eigenvalue weighted by molar-refractivity contribution is 5.40. The number of hydrogen-bond acceptors (Lipinski definition) is 2. The van der Waals surface area contributed by atoms with Crippen LogP contribution < -0.4 is 10.1 Å². The van der Waals surface area contributed by atoms with E-state index in [1.165, 1.54) is 23.3 Å². The Morgan fingerprint density at radius 3 is 2.47 bits per heavy atom. The summed E-state index contributed by atoms with van der Waals surface area (Å²) in [5, 5.41) is 3.13. The van der Waals surface area contributed by atoms with Crippen molar-refractivity contribution >= 4 is 0 Å². The first-order valence-corrected chi connectivity index (χ1v) is 6.28. The number of rotatable bonds is 4. The summed E-state index contributed by atoms with van der Waals surface area (Å²) < 4.78 is 18.8. The molecule has 0 heterocycles. The molecule has 0 amide bonds. The van der Waals surface area contributed by atoms with E-state index in [0.29, 0.717) is 5.75 Å². The Morgan fingerprint density at radius 1 is 1.05 bits per heavy atom. The molecule has 0 aliphatic carbocycles. The minimum absolute atomic E-state index is 0.245. The number of nitrogens with one attached hydrogen (secondary N) is 1. The van der Waals surface area contributed by atoms with E-state index in [0.717, 1.165) is 17.9 Å². The van der Waals surface area contributed by atoms with Crippen molar-refractivity contribution in [2.45, 2.75) is 20.4 Å². The monoisotopic (exact) mass is 259 g/mol. The van der Waals surface area contributed by atoms with Crippen molar-refractivity contribution in [3.05, 3.63) is 58.9 Å². The highest BCUT2D eigenvalue weighted by Gasteiger charge is 2.05. The zero-order valence-electron chi connectivity index (χ0n) is 11.5. The predicted octanol–water partition coefficient (Wildman–Crippen LogP) is 3.95. The summed E-state index contributed by atoms with van der Waals surface area (Å²) in [6.07, 6.45) is 0. The molecule has 2 aromatic rings. The largest absolute Gasteiger partial charge is 0.457 e. The highest BCUT2D eigenvalue weighted by atomic mass is 19.1. The third-order valence-corrected chi connectivity index (χ3v) is 3.05. The van der Waals surface area contributed by atoms with Gasteiger partial charge in [0.25, 0.3) is 0 Å². The average Bonchev–Trinajstić information content (AvgIpc) is 2.36. The Balaban J connectivity index is 2.21. The fraction of sp³-hybridized carbons (Fsp3) is 0.250. The molecular formula is C16H18FNO. The zero-order chi connectivity index (χ0) is 13.8.